The molecule has 0 radical (unpaired) electrons. The molecule has 116 valence electrons. The van der Waals surface area contributed by atoms with Crippen molar-refractivity contribution in [1.29, 1.82) is 0 Å². The minimum absolute atomic E-state index is 0.296. The molecule has 0 bridgehead atoms. The summed E-state index contributed by atoms with van der Waals surface area (Å²) in [5.41, 5.74) is 2.95. The van der Waals surface area contributed by atoms with Crippen LogP contribution < -0.4 is 4.43 Å². The van der Waals surface area contributed by atoms with E-state index in [1.165, 1.54) is 11.1 Å². The Bertz CT molecular complexity index is 684. The van der Waals surface area contributed by atoms with Gasteiger partial charge in [0, 0.05) is 5.54 Å². The lowest BCUT2D eigenvalue weighted by molar-refractivity contribution is 0.537. The second-order valence-corrected chi connectivity index (χ2v) is 10.3. The first-order valence-corrected chi connectivity index (χ1v) is 11.0. The number of benzene rings is 3. The molecule has 0 aliphatic rings. The van der Waals surface area contributed by atoms with Crippen molar-refractivity contribution >= 4 is 8.32 Å². The predicted molar refractivity (Wildman–Crippen MR) is 99.3 cm³/mol. The van der Waals surface area contributed by atoms with Crippen molar-refractivity contribution in [3.05, 3.63) is 102 Å². The monoisotopic (exact) mass is 318 g/mol. The molecule has 0 saturated carbocycles. The molecule has 0 fully saturated rings. The van der Waals surface area contributed by atoms with Crippen LogP contribution in [-0.2, 0) is 0 Å². The van der Waals surface area contributed by atoms with E-state index >= 15 is 0 Å². The van der Waals surface area contributed by atoms with Crippen LogP contribution in [0.2, 0.25) is 13.1 Å². The Hall–Kier alpha value is -2.32. The van der Waals surface area contributed by atoms with E-state index in [2.05, 4.69) is 73.8 Å². The maximum absolute atomic E-state index is 6.51. The van der Waals surface area contributed by atoms with Crippen molar-refractivity contribution in [2.24, 2.45) is 0 Å². The molecule has 0 unspecified atom stereocenters. The predicted octanol–water partition coefficient (Wildman–Crippen LogP) is 5.64. The first-order chi connectivity index (χ1) is 11.2. The average Bonchev–Trinajstić information content (AvgIpc) is 2.57. The Morgan fingerprint density at radius 1 is 0.609 bits per heavy atom. The fourth-order valence-corrected chi connectivity index (χ4v) is 5.99. The Balaban J connectivity index is 2.01. The topological polar surface area (TPSA) is 9.23 Å². The molecule has 0 aromatic heterocycles. The van der Waals surface area contributed by atoms with E-state index in [4.69, 9.17) is 4.43 Å². The molecule has 0 heterocycles. The Morgan fingerprint density at radius 3 is 1.43 bits per heavy atom. The van der Waals surface area contributed by atoms with Crippen molar-refractivity contribution in [3.63, 3.8) is 0 Å². The Labute approximate surface area is 139 Å². The molecule has 3 aromatic carbocycles. The molecule has 0 aliphatic heterocycles. The van der Waals surface area contributed by atoms with E-state index < -0.39 is 8.32 Å². The summed E-state index contributed by atoms with van der Waals surface area (Å²) in [6.07, 6.45) is 0. The number of rotatable bonds is 5. The molecule has 0 atom stereocenters. The van der Waals surface area contributed by atoms with E-state index in [0.29, 0.717) is 5.54 Å². The molecule has 0 N–H and O–H groups in total. The highest BCUT2D eigenvalue weighted by Gasteiger charge is 2.37. The highest BCUT2D eigenvalue weighted by atomic mass is 28.4. The first kappa shape index (κ1) is 15.6. The number of hydrogen-bond acceptors (Lipinski definition) is 1. The zero-order valence-electron chi connectivity index (χ0n) is 13.6. The normalized spacial score (nSPS) is 11.4. The van der Waals surface area contributed by atoms with E-state index in [1.54, 1.807) is 0 Å². The third-order valence-electron chi connectivity index (χ3n) is 4.09. The maximum Gasteiger partial charge on any atom is 0.256 e. The van der Waals surface area contributed by atoms with E-state index in [9.17, 15) is 0 Å². The van der Waals surface area contributed by atoms with Gasteiger partial charge in [-0.05, 0) is 36.4 Å². The van der Waals surface area contributed by atoms with Crippen molar-refractivity contribution in [3.8, 4) is 5.75 Å². The van der Waals surface area contributed by atoms with Crippen LogP contribution in [0.15, 0.2) is 91.0 Å². The minimum Gasteiger partial charge on any atom is -0.543 e. The maximum atomic E-state index is 6.51. The van der Waals surface area contributed by atoms with Crippen molar-refractivity contribution in [1.82, 2.24) is 0 Å². The average molecular weight is 318 g/mol. The number of para-hydroxylation sites is 1. The third-order valence-corrected chi connectivity index (χ3v) is 6.90. The van der Waals surface area contributed by atoms with E-state index in [1.807, 2.05) is 30.3 Å². The second kappa shape index (κ2) is 6.84. The van der Waals surface area contributed by atoms with E-state index in [0.717, 1.165) is 5.75 Å². The molecule has 0 spiro atoms. The Morgan fingerprint density at radius 2 is 1.00 bits per heavy atom. The van der Waals surface area contributed by atoms with Gasteiger partial charge in [-0.2, -0.15) is 0 Å². The van der Waals surface area contributed by atoms with Gasteiger partial charge >= 0.3 is 0 Å². The molecule has 0 aliphatic carbocycles. The highest BCUT2D eigenvalue weighted by Crippen LogP contribution is 2.35. The molecule has 3 aromatic rings. The van der Waals surface area contributed by atoms with Crippen LogP contribution in [0.3, 0.4) is 0 Å². The highest BCUT2D eigenvalue weighted by molar-refractivity contribution is 6.74. The summed E-state index contributed by atoms with van der Waals surface area (Å²) in [5.74, 6) is 0.959. The molecule has 0 amide bonds. The van der Waals surface area contributed by atoms with Gasteiger partial charge in [0.25, 0.3) is 8.32 Å². The molecular formula is C21H22OSi. The van der Waals surface area contributed by atoms with Gasteiger partial charge in [0.15, 0.2) is 0 Å². The SMILES string of the molecule is C[Si](C)(Oc1ccccc1)C(c1ccccc1)c1ccccc1. The molecule has 23 heavy (non-hydrogen) atoms. The Kier molecular flexibility index (Phi) is 4.63. The minimum atomic E-state index is -2.06. The van der Waals surface area contributed by atoms with Crippen LogP contribution in [0.4, 0.5) is 0 Å². The second-order valence-electron chi connectivity index (χ2n) is 6.27. The van der Waals surface area contributed by atoms with Gasteiger partial charge in [0.05, 0.1) is 0 Å². The zero-order valence-corrected chi connectivity index (χ0v) is 14.6. The van der Waals surface area contributed by atoms with Crippen LogP contribution in [0, 0.1) is 0 Å². The van der Waals surface area contributed by atoms with Gasteiger partial charge in [0.1, 0.15) is 5.75 Å². The standard InChI is InChI=1S/C21H22OSi/c1-23(2,22-20-16-10-5-11-17-20)21(18-12-6-3-7-13-18)19-14-8-4-9-15-19/h3-17,21H,1-2H3. The van der Waals surface area contributed by atoms with Crippen LogP contribution in [0.25, 0.3) is 0 Å². The molecule has 0 saturated heterocycles. The summed E-state index contributed by atoms with van der Waals surface area (Å²) in [4.78, 5) is 0. The molecular weight excluding hydrogens is 296 g/mol. The van der Waals surface area contributed by atoms with Gasteiger partial charge in [0.2, 0.25) is 0 Å². The van der Waals surface area contributed by atoms with Crippen LogP contribution >= 0.6 is 0 Å². The third kappa shape index (κ3) is 3.72. The summed E-state index contributed by atoms with van der Waals surface area (Å²) in [7, 11) is -2.06. The summed E-state index contributed by atoms with van der Waals surface area (Å²) >= 11 is 0. The summed E-state index contributed by atoms with van der Waals surface area (Å²) in [6.45, 7) is 4.59. The van der Waals surface area contributed by atoms with Gasteiger partial charge in [-0.25, -0.2) is 0 Å². The summed E-state index contributed by atoms with van der Waals surface area (Å²) < 4.78 is 6.51. The largest absolute Gasteiger partial charge is 0.543 e. The van der Waals surface area contributed by atoms with Crippen molar-refractivity contribution in [2.75, 3.05) is 0 Å². The smallest absolute Gasteiger partial charge is 0.256 e. The van der Waals surface area contributed by atoms with Crippen LogP contribution in [-0.4, -0.2) is 8.32 Å². The zero-order chi connectivity index (χ0) is 16.1. The first-order valence-electron chi connectivity index (χ1n) is 8.01. The van der Waals surface area contributed by atoms with E-state index in [-0.39, 0.29) is 0 Å². The quantitative estimate of drug-likeness (QED) is 0.553. The lowest BCUT2D eigenvalue weighted by atomic mass is 10.0. The fraction of sp³-hybridized carbons (Fsp3) is 0.143. The lowest BCUT2D eigenvalue weighted by Crippen LogP contribution is -2.42. The van der Waals surface area contributed by atoms with Gasteiger partial charge in [-0.3, -0.25) is 0 Å². The molecule has 2 heteroatoms. The van der Waals surface area contributed by atoms with Gasteiger partial charge in [-0.1, -0.05) is 78.9 Å². The van der Waals surface area contributed by atoms with Crippen molar-refractivity contribution < 1.29 is 4.43 Å². The molecule has 1 nitrogen and oxygen atoms in total. The van der Waals surface area contributed by atoms with Gasteiger partial charge < -0.3 is 4.43 Å². The summed E-state index contributed by atoms with van der Waals surface area (Å²) in [6, 6.07) is 31.6. The van der Waals surface area contributed by atoms with Gasteiger partial charge in [-0.15, -0.1) is 0 Å². The number of hydrogen-bond donors (Lipinski definition) is 0. The fourth-order valence-electron chi connectivity index (χ4n) is 3.14. The van der Waals surface area contributed by atoms with Crippen LogP contribution in [0.1, 0.15) is 16.7 Å². The van der Waals surface area contributed by atoms with Crippen LogP contribution in [0.5, 0.6) is 5.75 Å². The van der Waals surface area contributed by atoms with Crippen molar-refractivity contribution in [2.45, 2.75) is 18.6 Å². The lowest BCUT2D eigenvalue weighted by Gasteiger charge is -2.33. The molecule has 3 rings (SSSR count). The summed E-state index contributed by atoms with van der Waals surface area (Å²) in [5, 5.41) is 0.